The molecule has 0 aliphatic carbocycles. The summed E-state index contributed by atoms with van der Waals surface area (Å²) in [6.45, 7) is 7.19. The molecular formula is C58H48BNOSi. The lowest BCUT2D eigenvalue weighted by Gasteiger charge is -2.29. The van der Waals surface area contributed by atoms with E-state index in [1.54, 1.807) is 7.11 Å². The van der Waals surface area contributed by atoms with Gasteiger partial charge in [-0.1, -0.05) is 223 Å². The second kappa shape index (κ2) is 16.4. The van der Waals surface area contributed by atoms with Gasteiger partial charge in [0, 0.05) is 28.6 Å². The zero-order chi connectivity index (χ0) is 42.2. The van der Waals surface area contributed by atoms with E-state index in [-0.39, 0.29) is 6.71 Å². The van der Waals surface area contributed by atoms with Crippen LogP contribution in [-0.2, 0) is 0 Å². The topological polar surface area (TPSA) is 12.5 Å². The lowest BCUT2D eigenvalue weighted by Crippen LogP contribution is -2.52. The minimum atomic E-state index is -1.51. The molecule has 0 aliphatic rings. The average molecular weight is 814 g/mol. The van der Waals surface area contributed by atoms with Crippen molar-refractivity contribution in [2.45, 2.75) is 19.6 Å². The van der Waals surface area contributed by atoms with Crippen molar-refractivity contribution in [1.82, 2.24) is 0 Å². The van der Waals surface area contributed by atoms with Crippen LogP contribution in [0.2, 0.25) is 19.6 Å². The first-order chi connectivity index (χ1) is 30.4. The van der Waals surface area contributed by atoms with Gasteiger partial charge in [0.05, 0.1) is 20.9 Å². The molecule has 62 heavy (non-hydrogen) atoms. The number of para-hydroxylation sites is 1. The molecule has 0 radical (unpaired) electrons. The molecule has 0 atom stereocenters. The molecule has 10 rings (SSSR count). The van der Waals surface area contributed by atoms with Crippen molar-refractivity contribution in [3.8, 4) is 28.0 Å². The molecule has 10 aromatic rings. The van der Waals surface area contributed by atoms with Crippen LogP contribution in [0.4, 0.5) is 17.1 Å². The SMILES string of the molecule is COc1cc(N(c2ccc([Si](C)(C)C)cc2)c2ccccc2-c2ccccc2)ccc1-c1ccc(B(c2cccc3ccccc23)c2cccc3ccccc23)c2ccccc12. The van der Waals surface area contributed by atoms with Crippen LogP contribution in [-0.4, -0.2) is 21.9 Å². The molecule has 0 heterocycles. The Balaban J connectivity index is 1.15. The number of methoxy groups -OCH3 is 1. The third-order valence-electron chi connectivity index (χ3n) is 12.5. The third-order valence-corrected chi connectivity index (χ3v) is 14.6. The quantitative estimate of drug-likeness (QED) is 0.128. The summed E-state index contributed by atoms with van der Waals surface area (Å²) in [7, 11) is 0.284. The lowest BCUT2D eigenvalue weighted by molar-refractivity contribution is 0.416. The molecule has 0 amide bonds. The fourth-order valence-electron chi connectivity index (χ4n) is 9.43. The van der Waals surface area contributed by atoms with Gasteiger partial charge in [-0.2, -0.15) is 0 Å². The van der Waals surface area contributed by atoms with E-state index < -0.39 is 8.07 Å². The fraction of sp³-hybridized carbons (Fsp3) is 0.0690. The van der Waals surface area contributed by atoms with Gasteiger partial charge in [0.15, 0.2) is 0 Å². The van der Waals surface area contributed by atoms with Crippen molar-refractivity contribution in [2.75, 3.05) is 12.0 Å². The zero-order valence-electron chi connectivity index (χ0n) is 35.7. The number of hydrogen-bond acceptors (Lipinski definition) is 2. The van der Waals surface area contributed by atoms with Gasteiger partial charge in [0.2, 0.25) is 6.71 Å². The number of hydrogen-bond donors (Lipinski definition) is 0. The van der Waals surface area contributed by atoms with Crippen molar-refractivity contribution in [3.63, 3.8) is 0 Å². The number of nitrogens with zero attached hydrogens (tertiary/aromatic N) is 1. The van der Waals surface area contributed by atoms with Crippen LogP contribution in [0.15, 0.2) is 218 Å². The van der Waals surface area contributed by atoms with E-state index in [0.29, 0.717) is 0 Å². The van der Waals surface area contributed by atoms with E-state index in [1.165, 1.54) is 65.0 Å². The van der Waals surface area contributed by atoms with Crippen molar-refractivity contribution < 1.29 is 4.74 Å². The van der Waals surface area contributed by atoms with E-state index in [1.807, 2.05) is 0 Å². The van der Waals surface area contributed by atoms with Gasteiger partial charge in [-0.25, -0.2) is 0 Å². The highest BCUT2D eigenvalue weighted by atomic mass is 28.3. The Morgan fingerprint density at radius 2 is 0.919 bits per heavy atom. The molecule has 0 unspecified atom stereocenters. The van der Waals surface area contributed by atoms with E-state index in [2.05, 4.69) is 243 Å². The molecule has 2 nitrogen and oxygen atoms in total. The van der Waals surface area contributed by atoms with E-state index in [0.717, 1.165) is 33.9 Å². The number of rotatable bonds is 10. The highest BCUT2D eigenvalue weighted by molar-refractivity contribution is 6.99. The predicted molar refractivity (Wildman–Crippen MR) is 272 cm³/mol. The summed E-state index contributed by atoms with van der Waals surface area (Å²) in [6, 6.07) is 80.0. The van der Waals surface area contributed by atoms with Gasteiger partial charge in [-0.15, -0.1) is 0 Å². The van der Waals surface area contributed by atoms with Gasteiger partial charge < -0.3 is 9.64 Å². The summed E-state index contributed by atoms with van der Waals surface area (Å²) in [5.74, 6) is 0.820. The summed E-state index contributed by atoms with van der Waals surface area (Å²) in [5.41, 5.74) is 11.6. The van der Waals surface area contributed by atoms with Crippen LogP contribution >= 0.6 is 0 Å². The van der Waals surface area contributed by atoms with Crippen molar-refractivity contribution >= 4 is 85.7 Å². The molecule has 0 bridgehead atoms. The monoisotopic (exact) mass is 813 g/mol. The predicted octanol–water partition coefficient (Wildman–Crippen LogP) is 13.0. The van der Waals surface area contributed by atoms with Crippen molar-refractivity contribution in [2.24, 2.45) is 0 Å². The summed E-state index contributed by atoms with van der Waals surface area (Å²) in [4.78, 5) is 2.38. The minimum Gasteiger partial charge on any atom is -0.496 e. The maximum Gasteiger partial charge on any atom is 0.243 e. The second-order valence-corrected chi connectivity index (χ2v) is 22.3. The van der Waals surface area contributed by atoms with Crippen LogP contribution in [0.1, 0.15) is 0 Å². The number of ether oxygens (including phenoxy) is 1. The zero-order valence-corrected chi connectivity index (χ0v) is 36.7. The lowest BCUT2D eigenvalue weighted by atomic mass is 9.35. The van der Waals surface area contributed by atoms with Crippen LogP contribution in [0.25, 0.3) is 54.6 Å². The van der Waals surface area contributed by atoms with Crippen molar-refractivity contribution in [3.05, 3.63) is 218 Å². The molecule has 10 aromatic carbocycles. The summed E-state index contributed by atoms with van der Waals surface area (Å²) >= 11 is 0. The summed E-state index contributed by atoms with van der Waals surface area (Å²) < 4.78 is 6.38. The first-order valence-electron chi connectivity index (χ1n) is 21.6. The Labute approximate surface area is 366 Å². The van der Waals surface area contributed by atoms with Gasteiger partial charge in [-0.3, -0.25) is 0 Å². The Morgan fingerprint density at radius 3 is 1.56 bits per heavy atom. The first kappa shape index (κ1) is 39.0. The Bertz CT molecular complexity index is 3140. The standard InChI is InChI=1S/C58H48BNOSi/c1-61-58-40-45(60(44-32-35-46(36-33-44)62(2,3)4)57-31-15-14-26-49(57)43-18-6-5-7-19-43)34-37-53(58)51-38-39-56(52-28-13-12-27-50(51)52)59(54-29-16-22-41-20-8-10-24-47(41)54)55-30-17-23-42-21-9-11-25-48(42)55/h5-40H,1-4H3. The molecule has 4 heteroatoms. The number of benzene rings is 10. The van der Waals surface area contributed by atoms with E-state index in [4.69, 9.17) is 4.74 Å². The summed E-state index contributed by atoms with van der Waals surface area (Å²) in [5, 5.41) is 8.88. The number of anilines is 3. The first-order valence-corrected chi connectivity index (χ1v) is 25.1. The third kappa shape index (κ3) is 7.17. The maximum atomic E-state index is 6.38. The molecule has 0 saturated carbocycles. The molecular weight excluding hydrogens is 766 g/mol. The molecule has 298 valence electrons. The summed E-state index contributed by atoms with van der Waals surface area (Å²) in [6.07, 6.45) is 0. The molecule has 0 aliphatic heterocycles. The fourth-order valence-corrected chi connectivity index (χ4v) is 10.6. The van der Waals surface area contributed by atoms with Crippen LogP contribution in [0, 0.1) is 0 Å². The maximum absolute atomic E-state index is 6.38. The van der Waals surface area contributed by atoms with Crippen LogP contribution in [0.3, 0.4) is 0 Å². The molecule has 0 spiro atoms. The minimum absolute atomic E-state index is 0.0130. The van der Waals surface area contributed by atoms with Gasteiger partial charge in [-0.05, 0) is 73.8 Å². The van der Waals surface area contributed by atoms with Gasteiger partial charge >= 0.3 is 0 Å². The van der Waals surface area contributed by atoms with Crippen LogP contribution in [0.5, 0.6) is 5.75 Å². The van der Waals surface area contributed by atoms with E-state index >= 15 is 0 Å². The average Bonchev–Trinajstić information content (AvgIpc) is 3.32. The highest BCUT2D eigenvalue weighted by Crippen LogP contribution is 2.44. The van der Waals surface area contributed by atoms with Crippen molar-refractivity contribution in [1.29, 1.82) is 0 Å². The second-order valence-electron chi connectivity index (χ2n) is 17.2. The normalized spacial score (nSPS) is 11.5. The highest BCUT2D eigenvalue weighted by Gasteiger charge is 2.28. The number of fused-ring (bicyclic) bond motifs is 3. The van der Waals surface area contributed by atoms with Crippen LogP contribution < -0.4 is 31.2 Å². The molecule has 0 fully saturated rings. The van der Waals surface area contributed by atoms with Gasteiger partial charge in [0.25, 0.3) is 0 Å². The molecule has 0 saturated heterocycles. The Hall–Kier alpha value is -7.14. The van der Waals surface area contributed by atoms with Gasteiger partial charge in [0.1, 0.15) is 5.75 Å². The molecule has 0 N–H and O–H groups in total. The Morgan fingerprint density at radius 1 is 0.403 bits per heavy atom. The van der Waals surface area contributed by atoms with E-state index in [9.17, 15) is 0 Å². The molecule has 0 aromatic heterocycles. The smallest absolute Gasteiger partial charge is 0.243 e. The largest absolute Gasteiger partial charge is 0.496 e. The Kier molecular flexibility index (Phi) is 10.3.